The van der Waals surface area contributed by atoms with Crippen molar-refractivity contribution < 1.29 is 47.0 Å². The van der Waals surface area contributed by atoms with Gasteiger partial charge in [-0.15, -0.1) is 0 Å². The van der Waals surface area contributed by atoms with Crippen LogP contribution in [0.3, 0.4) is 0 Å². The summed E-state index contributed by atoms with van der Waals surface area (Å²) < 4.78 is 49.4. The van der Waals surface area contributed by atoms with E-state index in [1.807, 2.05) is 69.2 Å². The van der Waals surface area contributed by atoms with Crippen molar-refractivity contribution in [1.29, 1.82) is 0 Å². The fourth-order valence-corrected chi connectivity index (χ4v) is 9.48. The first-order valence-corrected chi connectivity index (χ1v) is 14.1. The zero-order chi connectivity index (χ0) is 19.4. The molecule has 0 heterocycles. The van der Waals surface area contributed by atoms with E-state index in [4.69, 9.17) is 18.6 Å². The van der Waals surface area contributed by atoms with Gasteiger partial charge in [-0.1, -0.05) is 0 Å². The summed E-state index contributed by atoms with van der Waals surface area (Å²) in [6.07, 6.45) is 0.637. The van der Waals surface area contributed by atoms with Gasteiger partial charge >= 0.3 is 155 Å². The predicted molar refractivity (Wildman–Crippen MR) is 90.0 cm³/mol. The molecule has 0 unspecified atom stereocenters. The Hall–Kier alpha value is 0.820. The van der Waals surface area contributed by atoms with Crippen LogP contribution in [0.25, 0.3) is 0 Å². The van der Waals surface area contributed by atoms with Crippen molar-refractivity contribution in [2.45, 2.75) is 92.5 Å². The molecule has 0 aromatic carbocycles. The van der Waals surface area contributed by atoms with Crippen molar-refractivity contribution in [2.24, 2.45) is 0 Å². The molecule has 0 amide bonds. The van der Waals surface area contributed by atoms with Crippen molar-refractivity contribution in [3.05, 3.63) is 0 Å². The molecule has 9 heteroatoms. The minimum atomic E-state index is -5.29. The quantitative estimate of drug-likeness (QED) is 0.553. The van der Waals surface area contributed by atoms with Gasteiger partial charge in [0.1, 0.15) is 0 Å². The Morgan fingerprint density at radius 3 is 1.33 bits per heavy atom. The molecular formula is C15H36O7SiZr. The Bertz CT molecular complexity index is 342. The molecule has 0 fully saturated rings. The van der Waals surface area contributed by atoms with Crippen LogP contribution in [-0.4, -0.2) is 38.8 Å². The van der Waals surface area contributed by atoms with Gasteiger partial charge in [0, 0.05) is 0 Å². The maximum absolute atomic E-state index is 10.3. The van der Waals surface area contributed by atoms with E-state index in [9.17, 15) is 6.37 Å². The molecule has 0 aromatic heterocycles. The number of hydrogen-bond acceptors (Lipinski definition) is 7. The number of rotatable bonds is 8. The van der Waals surface area contributed by atoms with Crippen LogP contribution in [-0.2, 0) is 40.6 Å². The minimum absolute atomic E-state index is 0.189. The van der Waals surface area contributed by atoms with Gasteiger partial charge in [0.05, 0.1) is 0 Å². The Morgan fingerprint density at radius 2 is 1.08 bits per heavy atom. The van der Waals surface area contributed by atoms with E-state index >= 15 is 0 Å². The molecule has 146 valence electrons. The second-order valence-corrected chi connectivity index (χ2v) is 15.4. The first-order valence-electron chi connectivity index (χ1n) is 8.28. The summed E-state index contributed by atoms with van der Waals surface area (Å²) in [5.74, 6) is 0. The van der Waals surface area contributed by atoms with Gasteiger partial charge in [-0.3, -0.25) is 0 Å². The van der Waals surface area contributed by atoms with E-state index < -0.39 is 47.9 Å². The molecular weight excluding hydrogens is 411 g/mol. The van der Waals surface area contributed by atoms with Crippen LogP contribution in [0.5, 0.6) is 0 Å². The van der Waals surface area contributed by atoms with E-state index in [0.717, 1.165) is 0 Å². The summed E-state index contributed by atoms with van der Waals surface area (Å²) in [4.78, 5) is 0. The summed E-state index contributed by atoms with van der Waals surface area (Å²) in [5, 5.41) is 0. The summed E-state index contributed by atoms with van der Waals surface area (Å²) in [6, 6.07) is 0. The Labute approximate surface area is 155 Å². The Morgan fingerprint density at radius 1 is 0.750 bits per heavy atom. The maximum atomic E-state index is 10.3. The van der Waals surface area contributed by atoms with E-state index in [1.54, 1.807) is 0 Å². The Balaban J connectivity index is 5.78. The second kappa shape index (κ2) is 8.67. The van der Waals surface area contributed by atoms with Crippen LogP contribution >= 0.6 is 0 Å². The average Bonchev–Trinajstić information content (AvgIpc) is 2.16. The summed E-state index contributed by atoms with van der Waals surface area (Å²) in [6.45, 7) is 18.5. The third-order valence-electron chi connectivity index (χ3n) is 2.05. The van der Waals surface area contributed by atoms with Gasteiger partial charge in [0.2, 0.25) is 0 Å². The van der Waals surface area contributed by atoms with Crippen molar-refractivity contribution in [3.63, 3.8) is 0 Å². The van der Waals surface area contributed by atoms with Crippen LogP contribution in [0, 0.1) is 0 Å². The molecule has 0 saturated heterocycles. The molecule has 0 aliphatic rings. The van der Waals surface area contributed by atoms with E-state index in [0.29, 0.717) is 6.42 Å². The van der Waals surface area contributed by atoms with Crippen LogP contribution in [0.15, 0.2) is 0 Å². The zero-order valence-corrected chi connectivity index (χ0v) is 20.3. The topological polar surface area (TPSA) is 86.6 Å². The van der Waals surface area contributed by atoms with Gasteiger partial charge < -0.3 is 0 Å². The fourth-order valence-electron chi connectivity index (χ4n) is 1.68. The van der Waals surface area contributed by atoms with Crippen LogP contribution in [0.1, 0.15) is 75.7 Å². The third kappa shape index (κ3) is 12.2. The van der Waals surface area contributed by atoms with Crippen molar-refractivity contribution in [3.8, 4) is 0 Å². The zero-order valence-electron chi connectivity index (χ0n) is 16.8. The summed E-state index contributed by atoms with van der Waals surface area (Å²) >= 11 is -5.29. The van der Waals surface area contributed by atoms with Crippen LogP contribution in [0.2, 0.25) is 0 Å². The second-order valence-electron chi connectivity index (χ2n) is 8.64. The van der Waals surface area contributed by atoms with Crippen molar-refractivity contribution in [1.82, 2.24) is 0 Å². The number of hydrogen-bond donors (Lipinski definition) is 2. The van der Waals surface area contributed by atoms with Gasteiger partial charge in [0.15, 0.2) is 0 Å². The van der Waals surface area contributed by atoms with E-state index in [-0.39, 0.29) is 6.61 Å². The predicted octanol–water partition coefficient (Wildman–Crippen LogP) is 3.11. The first kappa shape index (κ1) is 24.8. The van der Waals surface area contributed by atoms with Gasteiger partial charge in [-0.2, -0.15) is 0 Å². The standard InChI is InChI=1S/C12H27O4Si.C3H7O.2H2O.Zr/c1-10(2,3)14-17(13,15-11(4,5)6)16-12(7,8)9;1-2-3-4;;;/h1-9H3;2-3H2,1H3;2*1H2;/q2*-1;;;+4/p-2. The molecule has 0 aromatic rings. The van der Waals surface area contributed by atoms with Gasteiger partial charge in [-0.05, 0) is 0 Å². The molecule has 7 nitrogen and oxygen atoms in total. The molecule has 0 rings (SSSR count). The summed E-state index contributed by atoms with van der Waals surface area (Å²) in [5.41, 5.74) is -2.01. The SMILES string of the molecule is CCC[O][Zr]([OH])([OH])[O][Si](OC(C)(C)C)(OC(C)(C)C)OC(C)(C)C. The van der Waals surface area contributed by atoms with Crippen LogP contribution in [0.4, 0.5) is 0 Å². The molecule has 24 heavy (non-hydrogen) atoms. The molecule has 2 N–H and O–H groups in total. The molecule has 0 spiro atoms. The molecule has 0 bridgehead atoms. The molecule has 0 aliphatic carbocycles. The molecule has 0 radical (unpaired) electrons. The molecule has 0 saturated carbocycles. The Kier molecular flexibility index (Phi) is 8.97. The van der Waals surface area contributed by atoms with Crippen molar-refractivity contribution >= 4 is 9.05 Å². The third-order valence-corrected chi connectivity index (χ3v) is 10.4. The monoisotopic (exact) mass is 446 g/mol. The van der Waals surface area contributed by atoms with Gasteiger partial charge in [0.25, 0.3) is 0 Å². The summed E-state index contributed by atoms with van der Waals surface area (Å²) in [7, 11) is -3.92. The normalized spacial score (nSPS) is 15.0. The average molecular weight is 448 g/mol. The van der Waals surface area contributed by atoms with E-state index in [1.165, 1.54) is 0 Å². The molecule has 0 atom stereocenters. The molecule has 0 aliphatic heterocycles. The van der Waals surface area contributed by atoms with Crippen molar-refractivity contribution in [2.75, 3.05) is 6.61 Å². The fraction of sp³-hybridized carbons (Fsp3) is 1.00. The first-order chi connectivity index (χ1) is 10.4. The van der Waals surface area contributed by atoms with E-state index in [2.05, 4.69) is 0 Å². The van der Waals surface area contributed by atoms with Crippen LogP contribution < -0.4 is 0 Å². The van der Waals surface area contributed by atoms with Gasteiger partial charge in [-0.25, -0.2) is 0 Å².